The predicted octanol–water partition coefficient (Wildman–Crippen LogP) is 2.04. The Morgan fingerprint density at radius 2 is 1.69 bits per heavy atom. The molecule has 2 heterocycles. The van der Waals surface area contributed by atoms with Gasteiger partial charge in [0, 0.05) is 18.1 Å². The quantitative estimate of drug-likeness (QED) is 0.480. The summed E-state index contributed by atoms with van der Waals surface area (Å²) in [5.74, 6) is 0.254. The van der Waals surface area contributed by atoms with E-state index in [4.69, 9.17) is 4.74 Å². The third kappa shape index (κ3) is 4.41. The highest BCUT2D eigenvalue weighted by Crippen LogP contribution is 2.15. The SMILES string of the molecule is CCOc1ccc(NC(=O)Cn2c(=O)n(Cc3ccccc3)c(=O)c3nccnc32)cc1. The first-order chi connectivity index (χ1) is 15.6. The first kappa shape index (κ1) is 21.0. The van der Waals surface area contributed by atoms with Crippen LogP contribution in [0.2, 0.25) is 0 Å². The lowest BCUT2D eigenvalue weighted by atomic mass is 10.2. The van der Waals surface area contributed by atoms with Crippen molar-refractivity contribution < 1.29 is 9.53 Å². The molecule has 9 nitrogen and oxygen atoms in total. The summed E-state index contributed by atoms with van der Waals surface area (Å²) in [7, 11) is 0. The zero-order valence-electron chi connectivity index (χ0n) is 17.4. The van der Waals surface area contributed by atoms with E-state index >= 15 is 0 Å². The fraction of sp³-hybridized carbons (Fsp3) is 0.174. The average Bonchev–Trinajstić information content (AvgIpc) is 2.81. The summed E-state index contributed by atoms with van der Waals surface area (Å²) >= 11 is 0. The van der Waals surface area contributed by atoms with Crippen molar-refractivity contribution in [3.63, 3.8) is 0 Å². The van der Waals surface area contributed by atoms with Crippen LogP contribution in [0.3, 0.4) is 0 Å². The highest BCUT2D eigenvalue weighted by Gasteiger charge is 2.17. The summed E-state index contributed by atoms with van der Waals surface area (Å²) in [6.07, 6.45) is 2.76. The molecule has 0 aliphatic heterocycles. The van der Waals surface area contributed by atoms with Crippen molar-refractivity contribution >= 4 is 22.8 Å². The summed E-state index contributed by atoms with van der Waals surface area (Å²) in [6.45, 7) is 2.17. The number of anilines is 1. The molecule has 0 bridgehead atoms. The van der Waals surface area contributed by atoms with Crippen LogP contribution in [0, 0.1) is 0 Å². The Morgan fingerprint density at radius 3 is 2.41 bits per heavy atom. The van der Waals surface area contributed by atoms with E-state index in [2.05, 4.69) is 15.3 Å². The molecule has 9 heteroatoms. The van der Waals surface area contributed by atoms with E-state index in [0.29, 0.717) is 18.0 Å². The third-order valence-corrected chi connectivity index (χ3v) is 4.78. The van der Waals surface area contributed by atoms with Crippen LogP contribution in [0.5, 0.6) is 5.75 Å². The Balaban J connectivity index is 1.67. The number of nitrogens with one attached hydrogen (secondary N) is 1. The fourth-order valence-corrected chi connectivity index (χ4v) is 3.32. The molecule has 2 aromatic carbocycles. The first-order valence-electron chi connectivity index (χ1n) is 10.1. The van der Waals surface area contributed by atoms with Gasteiger partial charge in [-0.05, 0) is 36.8 Å². The summed E-state index contributed by atoms with van der Waals surface area (Å²) in [5, 5.41) is 2.75. The number of hydrogen-bond acceptors (Lipinski definition) is 6. The molecule has 0 unspecified atom stereocenters. The minimum atomic E-state index is -0.631. The van der Waals surface area contributed by atoms with Crippen LogP contribution in [0.4, 0.5) is 5.69 Å². The zero-order valence-corrected chi connectivity index (χ0v) is 17.4. The van der Waals surface area contributed by atoms with Gasteiger partial charge in [0.1, 0.15) is 12.3 Å². The number of benzene rings is 2. The van der Waals surface area contributed by atoms with Gasteiger partial charge in [-0.2, -0.15) is 0 Å². The molecular weight excluding hydrogens is 410 g/mol. The number of rotatable bonds is 7. The minimum absolute atomic E-state index is 0.0249. The van der Waals surface area contributed by atoms with Gasteiger partial charge in [-0.25, -0.2) is 14.8 Å². The lowest BCUT2D eigenvalue weighted by Crippen LogP contribution is -2.42. The van der Waals surface area contributed by atoms with Crippen LogP contribution >= 0.6 is 0 Å². The molecule has 0 aliphatic rings. The maximum atomic E-state index is 13.2. The van der Waals surface area contributed by atoms with Crippen LogP contribution in [0.1, 0.15) is 12.5 Å². The highest BCUT2D eigenvalue weighted by atomic mass is 16.5. The van der Waals surface area contributed by atoms with E-state index < -0.39 is 17.2 Å². The third-order valence-electron chi connectivity index (χ3n) is 4.78. The Labute approximate surface area is 182 Å². The number of fused-ring (bicyclic) bond motifs is 1. The van der Waals surface area contributed by atoms with Gasteiger partial charge >= 0.3 is 5.69 Å². The molecule has 0 spiro atoms. The number of amides is 1. The normalized spacial score (nSPS) is 10.8. The summed E-state index contributed by atoms with van der Waals surface area (Å²) in [5.41, 5.74) is 0.240. The van der Waals surface area contributed by atoms with E-state index in [1.165, 1.54) is 12.4 Å². The predicted molar refractivity (Wildman–Crippen MR) is 120 cm³/mol. The zero-order chi connectivity index (χ0) is 22.5. The molecule has 0 aliphatic carbocycles. The molecule has 1 amide bonds. The molecule has 4 aromatic rings. The number of hydrogen-bond donors (Lipinski definition) is 1. The second kappa shape index (κ2) is 9.25. The van der Waals surface area contributed by atoms with Gasteiger partial charge in [-0.1, -0.05) is 30.3 Å². The van der Waals surface area contributed by atoms with Crippen LogP contribution in [0.15, 0.2) is 76.6 Å². The van der Waals surface area contributed by atoms with Crippen LogP contribution in [-0.4, -0.2) is 31.6 Å². The largest absolute Gasteiger partial charge is 0.494 e. The molecule has 162 valence electrons. The van der Waals surface area contributed by atoms with Crippen molar-refractivity contribution in [3.8, 4) is 5.75 Å². The average molecular weight is 431 g/mol. The van der Waals surface area contributed by atoms with E-state index in [9.17, 15) is 14.4 Å². The number of ether oxygens (including phenoxy) is 1. The van der Waals surface area contributed by atoms with Gasteiger partial charge < -0.3 is 10.1 Å². The number of carbonyl (C=O) groups is 1. The second-order valence-electron chi connectivity index (χ2n) is 6.98. The van der Waals surface area contributed by atoms with Gasteiger partial charge in [-0.3, -0.25) is 18.7 Å². The van der Waals surface area contributed by atoms with E-state index in [-0.39, 0.29) is 24.3 Å². The lowest BCUT2D eigenvalue weighted by Gasteiger charge is -2.13. The molecule has 4 rings (SSSR count). The molecule has 0 saturated heterocycles. The van der Waals surface area contributed by atoms with E-state index in [0.717, 1.165) is 14.7 Å². The Morgan fingerprint density at radius 1 is 0.969 bits per heavy atom. The van der Waals surface area contributed by atoms with E-state index in [1.54, 1.807) is 24.3 Å². The smallest absolute Gasteiger partial charge is 0.333 e. The molecule has 2 aromatic heterocycles. The fourth-order valence-electron chi connectivity index (χ4n) is 3.32. The van der Waals surface area contributed by atoms with Crippen molar-refractivity contribution in [3.05, 3.63) is 93.4 Å². The number of aromatic nitrogens is 4. The Kier molecular flexibility index (Phi) is 6.07. The van der Waals surface area contributed by atoms with Gasteiger partial charge in [0.2, 0.25) is 5.91 Å². The lowest BCUT2D eigenvalue weighted by molar-refractivity contribution is -0.116. The summed E-state index contributed by atoms with van der Waals surface area (Å²) in [6, 6.07) is 16.0. The first-order valence-corrected chi connectivity index (χ1v) is 10.1. The monoisotopic (exact) mass is 431 g/mol. The maximum absolute atomic E-state index is 13.2. The molecular formula is C23H21N5O4. The molecule has 0 atom stereocenters. The number of carbonyl (C=O) groups excluding carboxylic acids is 1. The molecule has 32 heavy (non-hydrogen) atoms. The summed E-state index contributed by atoms with van der Waals surface area (Å²) in [4.78, 5) is 47.0. The van der Waals surface area contributed by atoms with E-state index in [1.807, 2.05) is 37.3 Å². The topological polar surface area (TPSA) is 108 Å². The highest BCUT2D eigenvalue weighted by molar-refractivity contribution is 5.91. The van der Waals surface area contributed by atoms with Crippen LogP contribution < -0.4 is 21.3 Å². The van der Waals surface area contributed by atoms with Gasteiger partial charge in [0.25, 0.3) is 5.56 Å². The minimum Gasteiger partial charge on any atom is -0.494 e. The van der Waals surface area contributed by atoms with Gasteiger partial charge in [0.05, 0.1) is 13.2 Å². The van der Waals surface area contributed by atoms with Crippen LogP contribution in [-0.2, 0) is 17.9 Å². The van der Waals surface area contributed by atoms with Crippen molar-refractivity contribution in [2.45, 2.75) is 20.0 Å². The molecule has 0 fully saturated rings. The molecule has 0 radical (unpaired) electrons. The van der Waals surface area contributed by atoms with Crippen molar-refractivity contribution in [2.75, 3.05) is 11.9 Å². The van der Waals surface area contributed by atoms with Gasteiger partial charge in [-0.15, -0.1) is 0 Å². The Hall–Kier alpha value is -4.27. The maximum Gasteiger partial charge on any atom is 0.333 e. The molecule has 1 N–H and O–H groups in total. The van der Waals surface area contributed by atoms with Crippen molar-refractivity contribution in [1.29, 1.82) is 0 Å². The number of nitrogens with zero attached hydrogens (tertiary/aromatic N) is 4. The van der Waals surface area contributed by atoms with Crippen molar-refractivity contribution in [1.82, 2.24) is 19.1 Å². The van der Waals surface area contributed by atoms with Crippen LogP contribution in [0.25, 0.3) is 11.2 Å². The summed E-state index contributed by atoms with van der Waals surface area (Å²) < 4.78 is 7.62. The van der Waals surface area contributed by atoms with Crippen molar-refractivity contribution in [2.24, 2.45) is 0 Å². The Bertz CT molecular complexity index is 1360. The second-order valence-corrected chi connectivity index (χ2v) is 6.98. The standard InChI is InChI=1S/C23H21N5O4/c1-2-32-18-10-8-17(9-11-18)26-19(29)15-27-21-20(24-12-13-25-21)22(30)28(23(27)31)14-16-6-4-3-5-7-16/h3-13H,2,14-15H2,1H3,(H,26,29). The van der Waals surface area contributed by atoms with Gasteiger partial charge in [0.15, 0.2) is 11.2 Å². The molecule has 0 saturated carbocycles.